The summed E-state index contributed by atoms with van der Waals surface area (Å²) < 4.78 is 5.39. The van der Waals surface area contributed by atoms with Gasteiger partial charge in [-0.15, -0.1) is 0 Å². The zero-order chi connectivity index (χ0) is 27.9. The molecular formula is C27H44N4O6. The number of likely N-dealkylation sites (tertiary alicyclic amines) is 1. The number of nitrogens with zero attached hydrogens (tertiary/aromatic N) is 1. The average molecular weight is 521 g/mol. The fourth-order valence-corrected chi connectivity index (χ4v) is 5.83. The first kappa shape index (κ1) is 28.9. The summed E-state index contributed by atoms with van der Waals surface area (Å²) in [5.74, 6) is -1.96. The molecule has 1 aliphatic heterocycles. The molecule has 3 rings (SSSR count). The minimum atomic E-state index is -1.07. The van der Waals surface area contributed by atoms with Gasteiger partial charge in [-0.05, 0) is 56.3 Å². The predicted molar refractivity (Wildman–Crippen MR) is 137 cm³/mol. The molecule has 2 saturated carbocycles. The Morgan fingerprint density at radius 3 is 2.11 bits per heavy atom. The van der Waals surface area contributed by atoms with Crippen LogP contribution in [0, 0.1) is 29.1 Å². The lowest BCUT2D eigenvalue weighted by Crippen LogP contribution is -2.60. The summed E-state index contributed by atoms with van der Waals surface area (Å²) in [5, 5.41) is 5.50. The van der Waals surface area contributed by atoms with Crippen molar-refractivity contribution in [2.45, 2.75) is 104 Å². The highest BCUT2D eigenvalue weighted by Crippen LogP contribution is 2.57. The number of primary amides is 1. The van der Waals surface area contributed by atoms with Crippen LogP contribution in [0.4, 0.5) is 4.79 Å². The van der Waals surface area contributed by atoms with Gasteiger partial charge in [0.25, 0.3) is 5.91 Å². The summed E-state index contributed by atoms with van der Waals surface area (Å²) in [4.78, 5) is 65.9. The second kappa shape index (κ2) is 10.6. The molecule has 37 heavy (non-hydrogen) atoms. The first-order chi connectivity index (χ1) is 17.0. The lowest BCUT2D eigenvalue weighted by molar-refractivity contribution is -0.145. The molecule has 3 fully saturated rings. The molecule has 1 saturated heterocycles. The zero-order valence-electron chi connectivity index (χ0n) is 23.3. The van der Waals surface area contributed by atoms with E-state index in [4.69, 9.17) is 10.5 Å². The van der Waals surface area contributed by atoms with Crippen molar-refractivity contribution in [3.63, 3.8) is 0 Å². The van der Waals surface area contributed by atoms with Crippen molar-refractivity contribution in [3.05, 3.63) is 0 Å². The van der Waals surface area contributed by atoms with Crippen LogP contribution in [0.15, 0.2) is 0 Å². The molecule has 6 atom stereocenters. The fourth-order valence-electron chi connectivity index (χ4n) is 5.83. The molecule has 208 valence electrons. The topological polar surface area (TPSA) is 148 Å². The molecule has 0 bridgehead atoms. The zero-order valence-corrected chi connectivity index (χ0v) is 23.3. The summed E-state index contributed by atoms with van der Waals surface area (Å²) in [6.45, 7) is 13.2. The van der Waals surface area contributed by atoms with E-state index in [1.807, 2.05) is 20.8 Å². The molecule has 10 heteroatoms. The molecule has 0 aromatic rings. The number of nitrogens with one attached hydrogen (secondary N) is 2. The number of piperidine rings is 1. The molecule has 10 nitrogen and oxygen atoms in total. The third-order valence-corrected chi connectivity index (χ3v) is 7.97. The molecule has 0 spiro atoms. The third kappa shape index (κ3) is 6.62. The number of carbonyl (C=O) groups is 5. The maximum Gasteiger partial charge on any atom is 0.408 e. The van der Waals surface area contributed by atoms with Gasteiger partial charge in [0.2, 0.25) is 17.6 Å². The van der Waals surface area contributed by atoms with Gasteiger partial charge in [0, 0.05) is 6.54 Å². The number of carbonyl (C=O) groups excluding carboxylic acids is 5. The van der Waals surface area contributed by atoms with Crippen molar-refractivity contribution in [1.29, 1.82) is 0 Å². The minimum Gasteiger partial charge on any atom is -0.444 e. The van der Waals surface area contributed by atoms with Crippen molar-refractivity contribution < 1.29 is 28.7 Å². The molecule has 2 unspecified atom stereocenters. The molecule has 4 N–H and O–H groups in total. The standard InChI is InChI=1S/C27H44N4O6/c1-8-15-16-13-31(24(35)21(26(2,3)4)30-25(36)37-27(5,6)7)19(18(15)16)23(34)29-17(20(32)22(28)33)12-14-10-9-11-14/h14-19,21H,8-13H2,1-7H3,(H2,28,33)(H,29,34)(H,30,36)/t15?,16-,17?,18+,19+,21-/m1/s1. The number of ketones is 1. The van der Waals surface area contributed by atoms with E-state index in [1.165, 1.54) is 0 Å². The number of rotatable bonds is 9. The summed E-state index contributed by atoms with van der Waals surface area (Å²) >= 11 is 0. The Morgan fingerprint density at radius 2 is 1.65 bits per heavy atom. The lowest BCUT2D eigenvalue weighted by Gasteiger charge is -2.37. The van der Waals surface area contributed by atoms with Crippen LogP contribution < -0.4 is 16.4 Å². The van der Waals surface area contributed by atoms with Crippen molar-refractivity contribution in [1.82, 2.24) is 15.5 Å². The quantitative estimate of drug-likeness (QED) is 0.397. The Hall–Kier alpha value is -2.65. The number of ether oxygens (including phenoxy) is 1. The summed E-state index contributed by atoms with van der Waals surface area (Å²) in [5.41, 5.74) is 3.89. The molecule has 4 amide bonds. The van der Waals surface area contributed by atoms with Gasteiger partial charge in [0.15, 0.2) is 0 Å². The lowest BCUT2D eigenvalue weighted by atomic mass is 9.80. The third-order valence-electron chi connectivity index (χ3n) is 7.97. The van der Waals surface area contributed by atoms with Crippen LogP contribution in [0.1, 0.15) is 80.6 Å². The molecule has 3 aliphatic rings. The van der Waals surface area contributed by atoms with Crippen molar-refractivity contribution in [2.75, 3.05) is 6.54 Å². The Kier molecular flexibility index (Phi) is 8.29. The monoisotopic (exact) mass is 520 g/mol. The Balaban J connectivity index is 1.82. The van der Waals surface area contributed by atoms with E-state index in [0.717, 1.165) is 25.7 Å². The van der Waals surface area contributed by atoms with E-state index in [9.17, 15) is 24.0 Å². The van der Waals surface area contributed by atoms with Crippen LogP contribution in [-0.2, 0) is 23.9 Å². The highest BCUT2D eigenvalue weighted by atomic mass is 16.6. The van der Waals surface area contributed by atoms with Gasteiger partial charge < -0.3 is 26.0 Å². The molecule has 0 aromatic carbocycles. The van der Waals surface area contributed by atoms with Gasteiger partial charge >= 0.3 is 6.09 Å². The molecule has 0 radical (unpaired) electrons. The van der Waals surface area contributed by atoms with Gasteiger partial charge in [0.1, 0.15) is 17.7 Å². The van der Waals surface area contributed by atoms with Crippen LogP contribution in [0.3, 0.4) is 0 Å². The minimum absolute atomic E-state index is 0.0240. The first-order valence-electron chi connectivity index (χ1n) is 13.5. The summed E-state index contributed by atoms with van der Waals surface area (Å²) in [6, 6.07) is -2.70. The largest absolute Gasteiger partial charge is 0.444 e. The predicted octanol–water partition coefficient (Wildman–Crippen LogP) is 2.14. The average Bonchev–Trinajstić information content (AvgIpc) is 3.27. The van der Waals surface area contributed by atoms with Gasteiger partial charge in [0.05, 0.1) is 6.04 Å². The van der Waals surface area contributed by atoms with Crippen molar-refractivity contribution in [2.24, 2.45) is 34.8 Å². The number of alkyl carbamates (subject to hydrolysis) is 1. The van der Waals surface area contributed by atoms with Gasteiger partial charge in [-0.1, -0.05) is 53.4 Å². The smallest absolute Gasteiger partial charge is 0.408 e. The number of amides is 4. The van der Waals surface area contributed by atoms with E-state index in [1.54, 1.807) is 25.7 Å². The highest BCUT2D eigenvalue weighted by Gasteiger charge is 2.64. The summed E-state index contributed by atoms with van der Waals surface area (Å²) in [7, 11) is 0. The Morgan fingerprint density at radius 1 is 1.03 bits per heavy atom. The second-order valence-corrected chi connectivity index (χ2v) is 13.0. The van der Waals surface area contributed by atoms with E-state index < -0.39 is 52.8 Å². The molecule has 1 heterocycles. The van der Waals surface area contributed by atoms with E-state index in [2.05, 4.69) is 17.6 Å². The van der Waals surface area contributed by atoms with Gasteiger partial charge in [-0.3, -0.25) is 19.2 Å². The van der Waals surface area contributed by atoms with Crippen LogP contribution in [0.5, 0.6) is 0 Å². The van der Waals surface area contributed by atoms with Crippen LogP contribution in [0.25, 0.3) is 0 Å². The van der Waals surface area contributed by atoms with Crippen molar-refractivity contribution >= 4 is 29.6 Å². The van der Waals surface area contributed by atoms with E-state index in [-0.39, 0.29) is 23.7 Å². The Bertz CT molecular complexity index is 932. The molecule has 0 aromatic heterocycles. The van der Waals surface area contributed by atoms with E-state index >= 15 is 0 Å². The number of fused-ring (bicyclic) bond motifs is 1. The number of Topliss-reactive ketones (excluding diaryl/α,β-unsaturated/α-hetero) is 1. The SMILES string of the molecule is CCC1[C@H]2[C@@H]1CN(C(=O)[C@@H](NC(=O)OC(C)(C)C)C(C)(C)C)[C@@H]2C(=O)NC(CC1CCC1)C(=O)C(N)=O. The Labute approximate surface area is 219 Å². The highest BCUT2D eigenvalue weighted by molar-refractivity contribution is 6.37. The fraction of sp³-hybridized carbons (Fsp3) is 0.815. The number of nitrogens with two attached hydrogens (primary N) is 1. The number of hydrogen-bond donors (Lipinski definition) is 3. The van der Waals surface area contributed by atoms with Gasteiger partial charge in [-0.25, -0.2) is 4.79 Å². The number of hydrogen-bond acceptors (Lipinski definition) is 6. The maximum absolute atomic E-state index is 13.9. The van der Waals surface area contributed by atoms with E-state index in [0.29, 0.717) is 18.9 Å². The van der Waals surface area contributed by atoms with Crippen molar-refractivity contribution in [3.8, 4) is 0 Å². The van der Waals surface area contributed by atoms with Crippen LogP contribution >= 0.6 is 0 Å². The van der Waals surface area contributed by atoms with Crippen LogP contribution in [-0.4, -0.2) is 64.8 Å². The first-order valence-corrected chi connectivity index (χ1v) is 13.5. The summed E-state index contributed by atoms with van der Waals surface area (Å²) in [6.07, 6.45) is 3.49. The molecule has 2 aliphatic carbocycles. The van der Waals surface area contributed by atoms with Crippen LogP contribution in [0.2, 0.25) is 0 Å². The maximum atomic E-state index is 13.9. The molecular weight excluding hydrogens is 476 g/mol. The van der Waals surface area contributed by atoms with Gasteiger partial charge in [-0.2, -0.15) is 0 Å². The normalized spacial score (nSPS) is 26.8. The second-order valence-electron chi connectivity index (χ2n) is 13.0.